The predicted octanol–water partition coefficient (Wildman–Crippen LogP) is 1.85. The summed E-state index contributed by atoms with van der Waals surface area (Å²) in [4.78, 5) is 26.7. The van der Waals surface area contributed by atoms with Gasteiger partial charge in [0.05, 0.1) is 12.8 Å². The molecule has 1 amide bonds. The number of aldehydes is 1. The first kappa shape index (κ1) is 14.9. The maximum Gasteiger partial charge on any atom is 0.408 e. The van der Waals surface area contributed by atoms with Crippen molar-refractivity contribution in [1.82, 2.24) is 10.3 Å². The number of carbonyl (C=O) groups is 2. The van der Waals surface area contributed by atoms with Gasteiger partial charge >= 0.3 is 6.09 Å². The molecule has 1 aromatic heterocycles. The summed E-state index contributed by atoms with van der Waals surface area (Å²) >= 11 is 0. The number of nitrogens with one attached hydrogen (secondary N) is 1. The molecule has 0 fully saturated rings. The standard InChI is InChI=1S/C13H18N2O4/c1-13(2,3)19-12(17)15-10(8-16)9-6-5-7-11(14-9)18-4/h5-8,10H,1-4H3,(H,15,17). The van der Waals surface area contributed by atoms with Gasteiger partial charge < -0.3 is 19.6 Å². The molecule has 0 aliphatic heterocycles. The van der Waals surface area contributed by atoms with E-state index in [4.69, 9.17) is 9.47 Å². The van der Waals surface area contributed by atoms with Gasteiger partial charge in [-0.05, 0) is 26.8 Å². The van der Waals surface area contributed by atoms with Crippen molar-refractivity contribution in [2.24, 2.45) is 0 Å². The van der Waals surface area contributed by atoms with Crippen molar-refractivity contribution >= 4 is 12.4 Å². The summed E-state index contributed by atoms with van der Waals surface area (Å²) in [5, 5.41) is 2.44. The van der Waals surface area contributed by atoms with E-state index in [1.165, 1.54) is 7.11 Å². The van der Waals surface area contributed by atoms with Crippen LogP contribution in [0, 0.1) is 0 Å². The van der Waals surface area contributed by atoms with Crippen LogP contribution in [0.3, 0.4) is 0 Å². The molecule has 0 radical (unpaired) electrons. The molecule has 1 aromatic rings. The van der Waals surface area contributed by atoms with E-state index in [-0.39, 0.29) is 0 Å². The summed E-state index contributed by atoms with van der Waals surface area (Å²) in [6.45, 7) is 5.23. The van der Waals surface area contributed by atoms with Gasteiger partial charge in [0.25, 0.3) is 0 Å². The smallest absolute Gasteiger partial charge is 0.408 e. The molecular weight excluding hydrogens is 248 g/mol. The number of hydrogen-bond donors (Lipinski definition) is 1. The first-order valence-electron chi connectivity index (χ1n) is 5.81. The molecule has 0 aliphatic carbocycles. The van der Waals surface area contributed by atoms with Crippen molar-refractivity contribution in [2.45, 2.75) is 32.4 Å². The number of hydrogen-bond acceptors (Lipinski definition) is 5. The van der Waals surface area contributed by atoms with E-state index < -0.39 is 17.7 Å². The Morgan fingerprint density at radius 1 is 1.42 bits per heavy atom. The topological polar surface area (TPSA) is 77.5 Å². The van der Waals surface area contributed by atoms with Crippen LogP contribution >= 0.6 is 0 Å². The molecule has 1 rings (SSSR count). The number of ether oxygens (including phenoxy) is 2. The molecule has 19 heavy (non-hydrogen) atoms. The number of aromatic nitrogens is 1. The minimum atomic E-state index is -0.870. The Morgan fingerprint density at radius 3 is 2.63 bits per heavy atom. The van der Waals surface area contributed by atoms with Crippen LogP contribution in [0.2, 0.25) is 0 Å². The van der Waals surface area contributed by atoms with E-state index in [0.717, 1.165) is 0 Å². The minimum Gasteiger partial charge on any atom is -0.481 e. The van der Waals surface area contributed by atoms with Crippen molar-refractivity contribution in [1.29, 1.82) is 0 Å². The van der Waals surface area contributed by atoms with Crippen LogP contribution in [0.1, 0.15) is 32.5 Å². The summed E-state index contributed by atoms with van der Waals surface area (Å²) in [5.41, 5.74) is -0.237. The summed E-state index contributed by atoms with van der Waals surface area (Å²) in [6, 6.07) is 4.09. The molecule has 1 unspecified atom stereocenters. The second-order valence-corrected chi connectivity index (χ2v) is 4.86. The van der Waals surface area contributed by atoms with Crippen LogP contribution in [-0.4, -0.2) is 30.1 Å². The molecule has 1 atom stereocenters. The number of carbonyl (C=O) groups excluding carboxylic acids is 2. The third-order valence-electron chi connectivity index (χ3n) is 2.08. The third-order valence-corrected chi connectivity index (χ3v) is 2.08. The van der Waals surface area contributed by atoms with Gasteiger partial charge in [-0.25, -0.2) is 9.78 Å². The highest BCUT2D eigenvalue weighted by atomic mass is 16.6. The Bertz CT molecular complexity index is 454. The number of rotatable bonds is 4. The Balaban J connectivity index is 2.77. The molecule has 0 saturated carbocycles. The summed E-state index contributed by atoms with van der Waals surface area (Å²) in [6.07, 6.45) is -0.0830. The van der Waals surface area contributed by atoms with Crippen LogP contribution in [0.15, 0.2) is 18.2 Å². The molecular formula is C13H18N2O4. The average Bonchev–Trinajstić information content (AvgIpc) is 2.34. The molecule has 1 heterocycles. The fourth-order valence-corrected chi connectivity index (χ4v) is 1.33. The molecule has 6 nitrogen and oxygen atoms in total. The van der Waals surface area contributed by atoms with Crippen molar-refractivity contribution in [3.8, 4) is 5.88 Å². The predicted molar refractivity (Wildman–Crippen MR) is 69.0 cm³/mol. The molecule has 0 bridgehead atoms. The highest BCUT2D eigenvalue weighted by Gasteiger charge is 2.21. The molecule has 6 heteroatoms. The number of methoxy groups -OCH3 is 1. The Morgan fingerprint density at radius 2 is 2.11 bits per heavy atom. The lowest BCUT2D eigenvalue weighted by Crippen LogP contribution is -2.35. The van der Waals surface area contributed by atoms with Crippen LogP contribution in [0.4, 0.5) is 4.79 Å². The van der Waals surface area contributed by atoms with E-state index in [1.54, 1.807) is 39.0 Å². The van der Waals surface area contributed by atoms with Gasteiger partial charge in [-0.15, -0.1) is 0 Å². The first-order chi connectivity index (χ1) is 8.85. The Hall–Kier alpha value is -2.11. The van der Waals surface area contributed by atoms with Gasteiger partial charge in [0.1, 0.15) is 17.9 Å². The van der Waals surface area contributed by atoms with E-state index in [0.29, 0.717) is 17.9 Å². The highest BCUT2D eigenvalue weighted by molar-refractivity contribution is 5.74. The molecule has 0 saturated heterocycles. The highest BCUT2D eigenvalue weighted by Crippen LogP contribution is 2.14. The molecule has 0 aromatic carbocycles. The SMILES string of the molecule is COc1cccc(C(C=O)NC(=O)OC(C)(C)C)n1. The lowest BCUT2D eigenvalue weighted by atomic mass is 10.2. The van der Waals surface area contributed by atoms with E-state index in [9.17, 15) is 9.59 Å². The second kappa shape index (κ2) is 6.17. The number of pyridine rings is 1. The van der Waals surface area contributed by atoms with Crippen molar-refractivity contribution < 1.29 is 19.1 Å². The fraction of sp³-hybridized carbons (Fsp3) is 0.462. The Kier molecular flexibility index (Phi) is 4.86. The number of alkyl carbamates (subject to hydrolysis) is 1. The first-order valence-corrected chi connectivity index (χ1v) is 5.81. The van der Waals surface area contributed by atoms with Crippen LogP contribution < -0.4 is 10.1 Å². The van der Waals surface area contributed by atoms with E-state index in [2.05, 4.69) is 10.3 Å². The lowest BCUT2D eigenvalue weighted by Gasteiger charge is -2.21. The van der Waals surface area contributed by atoms with Gasteiger partial charge in [0, 0.05) is 6.07 Å². The maximum atomic E-state index is 11.6. The van der Waals surface area contributed by atoms with Gasteiger partial charge in [0.2, 0.25) is 5.88 Å². The van der Waals surface area contributed by atoms with Gasteiger partial charge in [-0.2, -0.15) is 0 Å². The van der Waals surface area contributed by atoms with Crippen LogP contribution in [0.5, 0.6) is 5.88 Å². The van der Waals surface area contributed by atoms with Crippen molar-refractivity contribution in [3.63, 3.8) is 0 Å². The zero-order chi connectivity index (χ0) is 14.5. The number of amides is 1. The van der Waals surface area contributed by atoms with Gasteiger partial charge in [-0.1, -0.05) is 6.07 Å². The van der Waals surface area contributed by atoms with Crippen LogP contribution in [-0.2, 0) is 9.53 Å². The Labute approximate surface area is 112 Å². The zero-order valence-electron chi connectivity index (χ0n) is 11.5. The summed E-state index contributed by atoms with van der Waals surface area (Å²) in [5.74, 6) is 0.371. The normalized spacial score (nSPS) is 12.4. The average molecular weight is 266 g/mol. The number of nitrogens with zero attached hydrogens (tertiary/aromatic N) is 1. The summed E-state index contributed by atoms with van der Waals surface area (Å²) in [7, 11) is 1.48. The molecule has 0 aliphatic rings. The fourth-order valence-electron chi connectivity index (χ4n) is 1.33. The summed E-state index contributed by atoms with van der Waals surface area (Å²) < 4.78 is 10.0. The molecule has 1 N–H and O–H groups in total. The second-order valence-electron chi connectivity index (χ2n) is 4.86. The monoisotopic (exact) mass is 266 g/mol. The quantitative estimate of drug-likeness (QED) is 0.841. The van der Waals surface area contributed by atoms with Crippen molar-refractivity contribution in [2.75, 3.05) is 7.11 Å². The molecule has 0 spiro atoms. The maximum absolute atomic E-state index is 11.6. The van der Waals surface area contributed by atoms with Gasteiger partial charge in [0.15, 0.2) is 0 Å². The largest absolute Gasteiger partial charge is 0.481 e. The van der Waals surface area contributed by atoms with Gasteiger partial charge in [-0.3, -0.25) is 0 Å². The van der Waals surface area contributed by atoms with E-state index >= 15 is 0 Å². The van der Waals surface area contributed by atoms with Crippen molar-refractivity contribution in [3.05, 3.63) is 23.9 Å². The lowest BCUT2D eigenvalue weighted by molar-refractivity contribution is -0.109. The van der Waals surface area contributed by atoms with Crippen LogP contribution in [0.25, 0.3) is 0 Å². The zero-order valence-corrected chi connectivity index (χ0v) is 11.5. The minimum absolute atomic E-state index is 0.371. The molecule has 104 valence electrons. The van der Waals surface area contributed by atoms with E-state index in [1.807, 2.05) is 0 Å². The third kappa shape index (κ3) is 4.95.